The lowest BCUT2D eigenvalue weighted by Gasteiger charge is -2.74. The van der Waals surface area contributed by atoms with Gasteiger partial charge in [-0.2, -0.15) is 0 Å². The van der Waals surface area contributed by atoms with Gasteiger partial charge in [0, 0.05) is 12.8 Å². The molecular formula is C32H52O6. The molecular weight excluding hydrogens is 480 g/mol. The molecule has 0 heterocycles. The summed E-state index contributed by atoms with van der Waals surface area (Å²) in [6, 6.07) is 0. The summed E-state index contributed by atoms with van der Waals surface area (Å²) in [5.41, 5.74) is -2.48. The number of aliphatic carboxylic acids is 1. The number of carboxylic acid groups (broad SMARTS) is 1. The van der Waals surface area contributed by atoms with Crippen LogP contribution in [0.4, 0.5) is 0 Å². The van der Waals surface area contributed by atoms with Crippen LogP contribution in [0.2, 0.25) is 0 Å². The van der Waals surface area contributed by atoms with E-state index < -0.39 is 29.2 Å². The predicted molar refractivity (Wildman–Crippen MR) is 145 cm³/mol. The summed E-state index contributed by atoms with van der Waals surface area (Å²) in [7, 11) is 0. The van der Waals surface area contributed by atoms with Gasteiger partial charge in [-0.3, -0.25) is 9.59 Å². The third-order valence-electron chi connectivity index (χ3n) is 13.9. The molecule has 3 N–H and O–H groups in total. The third-order valence-corrected chi connectivity index (χ3v) is 13.9. The van der Waals surface area contributed by atoms with Gasteiger partial charge in [0.2, 0.25) is 0 Å². The van der Waals surface area contributed by atoms with E-state index >= 15 is 0 Å². The lowest BCUT2D eigenvalue weighted by molar-refractivity contribution is -0.283. The first-order valence-electron chi connectivity index (χ1n) is 15.2. The van der Waals surface area contributed by atoms with Gasteiger partial charge < -0.3 is 20.1 Å². The molecule has 5 fully saturated rings. The SMILES string of the molecule is CC(=O)OC1CC2(C)C(CCC3C4(C)CCC(C(C)(C)O)C4C(O)CC32C)C2(C)CCCC(C)(C(=O)O)C12. The van der Waals surface area contributed by atoms with Crippen molar-refractivity contribution in [1.82, 2.24) is 0 Å². The van der Waals surface area contributed by atoms with Crippen molar-refractivity contribution < 1.29 is 29.6 Å². The maximum absolute atomic E-state index is 12.8. The van der Waals surface area contributed by atoms with E-state index in [0.29, 0.717) is 31.1 Å². The Hall–Kier alpha value is -1.14. The number of aliphatic hydroxyl groups excluding tert-OH is 1. The summed E-state index contributed by atoms with van der Waals surface area (Å²) in [6.45, 7) is 16.6. The average Bonchev–Trinajstić information content (AvgIpc) is 3.13. The molecule has 0 spiro atoms. The van der Waals surface area contributed by atoms with E-state index in [-0.39, 0.29) is 45.4 Å². The third kappa shape index (κ3) is 3.50. The van der Waals surface area contributed by atoms with Crippen molar-refractivity contribution in [3.63, 3.8) is 0 Å². The molecule has 0 aromatic rings. The number of carbonyl (C=O) groups is 2. The molecule has 12 atom stereocenters. The number of hydrogen-bond acceptors (Lipinski definition) is 5. The molecule has 5 aliphatic carbocycles. The Bertz CT molecular complexity index is 1000. The average molecular weight is 533 g/mol. The number of fused-ring (bicyclic) bond motifs is 7. The molecule has 5 rings (SSSR count). The molecule has 5 saturated carbocycles. The fourth-order valence-electron chi connectivity index (χ4n) is 12.6. The number of hydrogen-bond donors (Lipinski definition) is 3. The molecule has 0 bridgehead atoms. The fraction of sp³-hybridized carbons (Fsp3) is 0.938. The molecule has 6 heteroatoms. The van der Waals surface area contributed by atoms with Crippen LogP contribution in [0.3, 0.4) is 0 Å². The van der Waals surface area contributed by atoms with E-state index in [1.807, 2.05) is 20.8 Å². The number of ether oxygens (including phenoxy) is 1. The monoisotopic (exact) mass is 532 g/mol. The Morgan fingerprint density at radius 1 is 0.868 bits per heavy atom. The normalized spacial score (nSPS) is 54.2. The zero-order chi connectivity index (χ0) is 28.3. The number of carbonyl (C=O) groups excluding carboxylic acids is 1. The van der Waals surface area contributed by atoms with Gasteiger partial charge in [-0.05, 0) is 117 Å². The van der Waals surface area contributed by atoms with Gasteiger partial charge in [0.1, 0.15) is 6.10 Å². The van der Waals surface area contributed by atoms with E-state index in [1.165, 1.54) is 6.92 Å². The van der Waals surface area contributed by atoms with E-state index in [2.05, 4.69) is 27.7 Å². The van der Waals surface area contributed by atoms with Crippen LogP contribution in [0.5, 0.6) is 0 Å². The lowest BCUT2D eigenvalue weighted by atomic mass is 9.31. The van der Waals surface area contributed by atoms with Gasteiger partial charge in [-0.15, -0.1) is 0 Å². The molecule has 0 amide bonds. The number of aliphatic hydroxyl groups is 2. The maximum atomic E-state index is 12.8. The fourth-order valence-corrected chi connectivity index (χ4v) is 12.6. The van der Waals surface area contributed by atoms with Crippen molar-refractivity contribution in [2.24, 2.45) is 56.7 Å². The molecule has 0 saturated heterocycles. The minimum atomic E-state index is -0.930. The topological polar surface area (TPSA) is 104 Å². The van der Waals surface area contributed by atoms with Gasteiger partial charge in [-0.25, -0.2) is 0 Å². The molecule has 0 radical (unpaired) electrons. The second-order valence-corrected chi connectivity index (χ2v) is 16.0. The van der Waals surface area contributed by atoms with Crippen LogP contribution in [-0.2, 0) is 14.3 Å². The number of carboxylic acids is 1. The maximum Gasteiger partial charge on any atom is 0.309 e. The highest BCUT2D eigenvalue weighted by Crippen LogP contribution is 2.78. The Morgan fingerprint density at radius 2 is 1.45 bits per heavy atom. The first kappa shape index (κ1) is 28.4. The molecule has 0 aliphatic heterocycles. The number of esters is 1. The van der Waals surface area contributed by atoms with Crippen LogP contribution in [-0.4, -0.2) is 45.1 Å². The highest BCUT2D eigenvalue weighted by Gasteiger charge is 2.74. The van der Waals surface area contributed by atoms with Crippen molar-refractivity contribution in [3.05, 3.63) is 0 Å². The minimum Gasteiger partial charge on any atom is -0.481 e. The summed E-state index contributed by atoms with van der Waals surface area (Å²) in [5, 5.41) is 33.4. The second-order valence-electron chi connectivity index (χ2n) is 16.0. The lowest BCUT2D eigenvalue weighted by Crippen LogP contribution is -2.71. The summed E-state index contributed by atoms with van der Waals surface area (Å²) >= 11 is 0. The van der Waals surface area contributed by atoms with Crippen LogP contribution in [0.15, 0.2) is 0 Å². The molecule has 0 aromatic heterocycles. The van der Waals surface area contributed by atoms with E-state index in [1.54, 1.807) is 0 Å². The van der Waals surface area contributed by atoms with Crippen molar-refractivity contribution in [3.8, 4) is 0 Å². The van der Waals surface area contributed by atoms with Crippen LogP contribution < -0.4 is 0 Å². The van der Waals surface area contributed by atoms with Crippen LogP contribution in [0, 0.1) is 56.7 Å². The van der Waals surface area contributed by atoms with Crippen LogP contribution in [0.1, 0.15) is 113 Å². The van der Waals surface area contributed by atoms with Crippen molar-refractivity contribution in [1.29, 1.82) is 0 Å². The van der Waals surface area contributed by atoms with E-state index in [9.17, 15) is 24.9 Å². The van der Waals surface area contributed by atoms with E-state index in [4.69, 9.17) is 4.74 Å². The molecule has 0 aromatic carbocycles. The minimum absolute atomic E-state index is 0.0676. The van der Waals surface area contributed by atoms with Gasteiger partial charge in [0.25, 0.3) is 0 Å². The smallest absolute Gasteiger partial charge is 0.309 e. The van der Waals surface area contributed by atoms with Crippen molar-refractivity contribution in [2.45, 2.75) is 131 Å². The molecule has 6 nitrogen and oxygen atoms in total. The van der Waals surface area contributed by atoms with Gasteiger partial charge in [0.15, 0.2) is 0 Å². The molecule has 5 aliphatic rings. The summed E-state index contributed by atoms with van der Waals surface area (Å²) in [5.74, 6) is -0.506. The molecule has 38 heavy (non-hydrogen) atoms. The van der Waals surface area contributed by atoms with E-state index in [0.717, 1.165) is 38.5 Å². The largest absolute Gasteiger partial charge is 0.481 e. The van der Waals surface area contributed by atoms with Crippen LogP contribution >= 0.6 is 0 Å². The highest BCUT2D eigenvalue weighted by atomic mass is 16.5. The second kappa shape index (κ2) is 8.44. The first-order valence-corrected chi connectivity index (χ1v) is 15.2. The number of rotatable bonds is 3. The van der Waals surface area contributed by atoms with Gasteiger partial charge in [0.05, 0.1) is 17.1 Å². The Labute approximate surface area is 229 Å². The Morgan fingerprint density at radius 3 is 2.00 bits per heavy atom. The van der Waals surface area contributed by atoms with Gasteiger partial charge in [-0.1, -0.05) is 34.1 Å². The highest BCUT2D eigenvalue weighted by molar-refractivity contribution is 5.75. The summed E-state index contributed by atoms with van der Waals surface area (Å²) in [4.78, 5) is 25.2. The quantitative estimate of drug-likeness (QED) is 0.395. The predicted octanol–water partition coefficient (Wildman–Crippen LogP) is 5.83. The van der Waals surface area contributed by atoms with Crippen molar-refractivity contribution >= 4 is 11.9 Å². The standard InChI is InChI=1S/C32H52O6/c1-18(33)38-21-17-32(8)23(29(5)13-9-14-30(6,25(21)29)26(35)36)11-10-22-28(4)15-12-19(27(2,3)37)24(28)20(34)16-31(22,32)7/h19-25,34,37H,9-17H2,1-8H3,(H,35,36). The van der Waals surface area contributed by atoms with Crippen molar-refractivity contribution in [2.75, 3.05) is 0 Å². The Kier molecular flexibility index (Phi) is 6.31. The van der Waals surface area contributed by atoms with Crippen LogP contribution in [0.25, 0.3) is 0 Å². The first-order chi connectivity index (χ1) is 17.4. The summed E-state index contributed by atoms with van der Waals surface area (Å²) < 4.78 is 6.11. The Balaban J connectivity index is 1.62. The molecule has 12 unspecified atom stereocenters. The summed E-state index contributed by atoms with van der Waals surface area (Å²) in [6.07, 6.45) is 6.85. The zero-order valence-electron chi connectivity index (χ0n) is 25.0. The zero-order valence-corrected chi connectivity index (χ0v) is 25.0. The molecule has 216 valence electrons. The van der Waals surface area contributed by atoms with Gasteiger partial charge >= 0.3 is 11.9 Å².